The Kier molecular flexibility index (Phi) is 4.17. The van der Waals surface area contributed by atoms with E-state index in [4.69, 9.17) is 4.42 Å². The van der Waals surface area contributed by atoms with Gasteiger partial charge in [0.2, 0.25) is 5.89 Å². The number of nitrogens with one attached hydrogen (secondary N) is 1. The molecule has 8 nitrogen and oxygen atoms in total. The number of aryl methyl sites for hydroxylation is 1. The van der Waals surface area contributed by atoms with Gasteiger partial charge in [-0.25, -0.2) is 4.98 Å². The van der Waals surface area contributed by atoms with Gasteiger partial charge in [0.1, 0.15) is 17.1 Å². The van der Waals surface area contributed by atoms with Gasteiger partial charge in [-0.05, 0) is 12.1 Å². The fourth-order valence-electron chi connectivity index (χ4n) is 1.71. The van der Waals surface area contributed by atoms with Gasteiger partial charge in [-0.3, -0.25) is 14.9 Å². The van der Waals surface area contributed by atoms with E-state index in [1.165, 1.54) is 0 Å². The van der Waals surface area contributed by atoms with Crippen LogP contribution < -0.4 is 5.32 Å². The molecule has 0 radical (unpaired) electrons. The van der Waals surface area contributed by atoms with Gasteiger partial charge in [0.25, 0.3) is 11.6 Å². The highest BCUT2D eigenvalue weighted by molar-refractivity contribution is 5.98. The van der Waals surface area contributed by atoms with Gasteiger partial charge in [-0.1, -0.05) is 6.92 Å². The molecule has 21 heavy (non-hydrogen) atoms. The highest BCUT2D eigenvalue weighted by Crippen LogP contribution is 2.23. The average molecular weight is 291 g/mol. The van der Waals surface area contributed by atoms with Gasteiger partial charge >= 0.3 is 0 Å². The number of benzene rings is 1. The lowest BCUT2D eigenvalue weighted by Gasteiger charge is -2.04. The number of rotatable bonds is 5. The molecule has 0 fully saturated rings. The van der Waals surface area contributed by atoms with Crippen LogP contribution in [0.15, 0.2) is 28.8 Å². The molecule has 1 aromatic carbocycles. The van der Waals surface area contributed by atoms with Crippen molar-refractivity contribution in [2.45, 2.75) is 19.9 Å². The first kappa shape index (κ1) is 14.5. The number of carbonyl (C=O) groups excluding carboxylic acids is 1. The van der Waals surface area contributed by atoms with Crippen LogP contribution >= 0.6 is 0 Å². The van der Waals surface area contributed by atoms with Crippen LogP contribution in [0.1, 0.15) is 28.9 Å². The number of hydrogen-bond donors (Lipinski definition) is 2. The summed E-state index contributed by atoms with van der Waals surface area (Å²) in [5, 5.41) is 22.7. The highest BCUT2D eigenvalue weighted by Gasteiger charge is 2.20. The number of phenolic OH excluding ortho intramolecular Hbond substituents is 1. The second kappa shape index (κ2) is 6.04. The molecule has 0 saturated carbocycles. The second-order valence-corrected chi connectivity index (χ2v) is 4.22. The summed E-state index contributed by atoms with van der Waals surface area (Å²) in [4.78, 5) is 26.1. The smallest absolute Gasteiger partial charge is 0.282 e. The van der Waals surface area contributed by atoms with Gasteiger partial charge in [0.05, 0.1) is 17.7 Å². The van der Waals surface area contributed by atoms with Crippen molar-refractivity contribution >= 4 is 11.6 Å². The normalized spacial score (nSPS) is 10.3. The minimum atomic E-state index is -0.686. The molecule has 0 aliphatic carbocycles. The Morgan fingerprint density at radius 3 is 2.90 bits per heavy atom. The summed E-state index contributed by atoms with van der Waals surface area (Å²) < 4.78 is 5.31. The molecule has 0 unspecified atom stereocenters. The summed E-state index contributed by atoms with van der Waals surface area (Å²) in [5.74, 6) is 0.0783. The van der Waals surface area contributed by atoms with Crippen molar-refractivity contribution in [3.63, 3.8) is 0 Å². The first-order valence-electron chi connectivity index (χ1n) is 6.20. The van der Waals surface area contributed by atoms with E-state index in [1.54, 1.807) is 6.20 Å². The molecule has 2 N–H and O–H groups in total. The van der Waals surface area contributed by atoms with Crippen molar-refractivity contribution in [3.05, 3.63) is 51.7 Å². The predicted octanol–water partition coefficient (Wildman–Crippen LogP) is 1.78. The number of amides is 1. The standard InChI is InChI=1S/C13H13N3O5/c1-2-9-6-14-12(21-9)7-15-13(18)10-5-8(17)3-4-11(10)16(19)20/h3-6,17H,2,7H2,1H3,(H,15,18). The number of phenols is 1. The Morgan fingerprint density at radius 1 is 1.52 bits per heavy atom. The Bertz CT molecular complexity index is 680. The summed E-state index contributed by atoms with van der Waals surface area (Å²) >= 11 is 0. The Labute approximate surface area is 119 Å². The molecule has 110 valence electrons. The van der Waals surface area contributed by atoms with Gasteiger partial charge in [0, 0.05) is 12.5 Å². The van der Waals surface area contributed by atoms with Crippen molar-refractivity contribution in [1.82, 2.24) is 10.3 Å². The van der Waals surface area contributed by atoms with Crippen LogP contribution in [0.25, 0.3) is 0 Å². The number of nitrogens with zero attached hydrogens (tertiary/aromatic N) is 2. The molecule has 0 aliphatic heterocycles. The number of aromatic hydroxyl groups is 1. The van der Waals surface area contributed by atoms with Crippen molar-refractivity contribution in [1.29, 1.82) is 0 Å². The third-order valence-electron chi connectivity index (χ3n) is 2.77. The molecule has 1 aromatic heterocycles. The first-order chi connectivity index (χ1) is 10.0. The third kappa shape index (κ3) is 3.35. The fourth-order valence-corrected chi connectivity index (χ4v) is 1.71. The molecular formula is C13H13N3O5. The lowest BCUT2D eigenvalue weighted by atomic mass is 10.1. The second-order valence-electron chi connectivity index (χ2n) is 4.22. The molecular weight excluding hydrogens is 278 g/mol. The molecule has 0 saturated heterocycles. The SMILES string of the molecule is CCc1cnc(CNC(=O)c2cc(O)ccc2[N+](=O)[O-])o1. The van der Waals surface area contributed by atoms with Crippen LogP contribution in [-0.4, -0.2) is 20.9 Å². The number of oxazole rings is 1. The minimum absolute atomic E-state index is 0.00560. The third-order valence-corrected chi connectivity index (χ3v) is 2.77. The summed E-state index contributed by atoms with van der Waals surface area (Å²) in [6.07, 6.45) is 2.23. The van der Waals surface area contributed by atoms with Crippen molar-refractivity contribution < 1.29 is 19.2 Å². The van der Waals surface area contributed by atoms with Crippen molar-refractivity contribution in [2.75, 3.05) is 0 Å². The molecule has 0 atom stereocenters. The van der Waals surface area contributed by atoms with Crippen molar-refractivity contribution in [2.24, 2.45) is 0 Å². The number of hydrogen-bond acceptors (Lipinski definition) is 6. The first-order valence-corrected chi connectivity index (χ1v) is 6.20. The van der Waals surface area contributed by atoms with Crippen LogP contribution in [0.2, 0.25) is 0 Å². The molecule has 1 amide bonds. The summed E-state index contributed by atoms with van der Waals surface area (Å²) in [7, 11) is 0. The van der Waals surface area contributed by atoms with Crippen LogP contribution in [0.4, 0.5) is 5.69 Å². The number of nitro groups is 1. The summed E-state index contributed by atoms with van der Waals surface area (Å²) in [5.41, 5.74) is -0.603. The molecule has 0 aliphatic rings. The summed E-state index contributed by atoms with van der Waals surface area (Å²) in [6, 6.07) is 3.27. The van der Waals surface area contributed by atoms with Crippen LogP contribution in [0.5, 0.6) is 5.75 Å². The van der Waals surface area contributed by atoms with Gasteiger partial charge in [-0.15, -0.1) is 0 Å². The Hall–Kier alpha value is -2.90. The summed E-state index contributed by atoms with van der Waals surface area (Å²) in [6.45, 7) is 1.91. The van der Waals surface area contributed by atoms with Gasteiger partial charge < -0.3 is 14.8 Å². The lowest BCUT2D eigenvalue weighted by Crippen LogP contribution is -2.23. The quantitative estimate of drug-likeness (QED) is 0.640. The maximum atomic E-state index is 12.0. The minimum Gasteiger partial charge on any atom is -0.508 e. The van der Waals surface area contributed by atoms with E-state index < -0.39 is 10.8 Å². The van der Waals surface area contributed by atoms with E-state index in [0.717, 1.165) is 18.2 Å². The lowest BCUT2D eigenvalue weighted by molar-refractivity contribution is -0.385. The largest absolute Gasteiger partial charge is 0.508 e. The predicted molar refractivity (Wildman–Crippen MR) is 71.8 cm³/mol. The molecule has 0 spiro atoms. The Balaban J connectivity index is 2.13. The zero-order valence-electron chi connectivity index (χ0n) is 11.2. The average Bonchev–Trinajstić information content (AvgIpc) is 2.92. The topological polar surface area (TPSA) is 119 Å². The van der Waals surface area contributed by atoms with E-state index in [1.807, 2.05) is 6.92 Å². The molecule has 2 aromatic rings. The molecule has 8 heteroatoms. The maximum Gasteiger partial charge on any atom is 0.282 e. The van der Waals surface area contributed by atoms with E-state index >= 15 is 0 Å². The van der Waals surface area contributed by atoms with Crippen molar-refractivity contribution in [3.8, 4) is 5.75 Å². The molecule has 2 rings (SSSR count). The fraction of sp³-hybridized carbons (Fsp3) is 0.231. The number of nitro benzene ring substituents is 1. The Morgan fingerprint density at radius 2 is 2.29 bits per heavy atom. The van der Waals surface area contributed by atoms with Crippen LogP contribution in [-0.2, 0) is 13.0 Å². The molecule has 1 heterocycles. The highest BCUT2D eigenvalue weighted by atomic mass is 16.6. The van der Waals surface area contributed by atoms with E-state index in [-0.39, 0.29) is 23.5 Å². The number of aromatic nitrogens is 1. The van der Waals surface area contributed by atoms with Gasteiger partial charge in [-0.2, -0.15) is 0 Å². The van der Waals surface area contributed by atoms with E-state index in [0.29, 0.717) is 18.1 Å². The zero-order chi connectivity index (χ0) is 15.4. The molecule has 0 bridgehead atoms. The zero-order valence-corrected chi connectivity index (χ0v) is 11.2. The van der Waals surface area contributed by atoms with E-state index in [9.17, 15) is 20.0 Å². The number of carbonyl (C=O) groups is 1. The van der Waals surface area contributed by atoms with Gasteiger partial charge in [0.15, 0.2) is 0 Å². The maximum absolute atomic E-state index is 12.0. The monoisotopic (exact) mass is 291 g/mol. The van der Waals surface area contributed by atoms with E-state index in [2.05, 4.69) is 10.3 Å². The van der Waals surface area contributed by atoms with Crippen LogP contribution in [0, 0.1) is 10.1 Å². The van der Waals surface area contributed by atoms with Crippen LogP contribution in [0.3, 0.4) is 0 Å².